The van der Waals surface area contributed by atoms with Crippen molar-refractivity contribution in [1.29, 1.82) is 0 Å². The number of aromatic nitrogens is 2. The zero-order valence-corrected chi connectivity index (χ0v) is 54.5. The average Bonchev–Trinajstić information content (AvgIpc) is 1.70. The van der Waals surface area contributed by atoms with Crippen molar-refractivity contribution in [2.45, 2.75) is 116 Å². The summed E-state index contributed by atoms with van der Waals surface area (Å²) in [6.45, 7) is 30.4. The van der Waals surface area contributed by atoms with Gasteiger partial charge in [-0.05, 0) is 151 Å². The molecule has 13 rings (SSSR count). The normalized spacial score (nSPS) is 12.7. The quantitative estimate of drug-likeness (QED) is 0.0708. The van der Waals surface area contributed by atoms with Crippen molar-refractivity contribution < 1.29 is 0 Å². The number of rotatable bonds is 16. The molecule has 0 saturated carbocycles. The maximum Gasteiger partial charge on any atom is 0.107 e. The lowest BCUT2D eigenvalue weighted by atomic mass is 10.0. The molecule has 4 nitrogen and oxygen atoms in total. The van der Waals surface area contributed by atoms with Gasteiger partial charge in [-0.15, -0.1) is 22.7 Å². The lowest BCUT2D eigenvalue weighted by molar-refractivity contribution is 0.837. The van der Waals surface area contributed by atoms with Crippen LogP contribution in [0.3, 0.4) is 0 Å². The van der Waals surface area contributed by atoms with E-state index in [2.05, 4.69) is 343 Å². The monoisotopic (exact) mass is 1170 g/mol. The summed E-state index contributed by atoms with van der Waals surface area (Å²) in [7, 11) is -4.53. The number of hydrogen-bond donors (Lipinski definition) is 0. The van der Waals surface area contributed by atoms with Crippen molar-refractivity contribution in [3.8, 4) is 11.4 Å². The predicted molar refractivity (Wildman–Crippen MR) is 377 cm³/mol. The van der Waals surface area contributed by atoms with E-state index >= 15 is 0 Å². The van der Waals surface area contributed by atoms with Crippen LogP contribution in [0.25, 0.3) is 75.2 Å². The first-order chi connectivity index (χ1) is 40.7. The first kappa shape index (κ1) is 55.7. The molecule has 9 aromatic carbocycles. The molecule has 422 valence electrons. The smallest absolute Gasteiger partial charge is 0.107 e. The number of thiophene rings is 2. The molecule has 0 aliphatic heterocycles. The third-order valence-corrected chi connectivity index (χ3v) is 37.4. The van der Waals surface area contributed by atoms with Crippen LogP contribution in [-0.4, -0.2) is 25.3 Å². The van der Waals surface area contributed by atoms with E-state index < -0.39 is 16.1 Å². The number of hydrogen-bond acceptors (Lipinski definition) is 4. The lowest BCUT2D eigenvalue weighted by Crippen LogP contribution is -2.54. The molecule has 8 heteroatoms. The van der Waals surface area contributed by atoms with Gasteiger partial charge in [0, 0.05) is 66.4 Å². The largest absolute Gasteiger partial charge is 0.309 e. The molecule has 0 radical (unpaired) electrons. The number of nitrogens with zero attached hydrogens (tertiary/aromatic N) is 4. The lowest BCUT2D eigenvalue weighted by Gasteiger charge is -2.42. The van der Waals surface area contributed by atoms with E-state index in [1.807, 2.05) is 0 Å². The highest BCUT2D eigenvalue weighted by atomic mass is 32.1. The van der Waals surface area contributed by atoms with Gasteiger partial charge in [0.2, 0.25) is 0 Å². The minimum Gasteiger partial charge on any atom is -0.309 e. The average molecular weight is 1170 g/mol. The van der Waals surface area contributed by atoms with E-state index in [0.717, 1.165) is 34.1 Å². The molecule has 0 fully saturated rings. The highest BCUT2D eigenvalue weighted by Crippen LogP contribution is 2.57. The Morgan fingerprint density at radius 3 is 0.917 bits per heavy atom. The first-order valence-corrected chi connectivity index (χ1v) is 36.7. The molecule has 4 aromatic heterocycles. The molecule has 84 heavy (non-hydrogen) atoms. The fourth-order valence-electron chi connectivity index (χ4n) is 16.2. The van der Waals surface area contributed by atoms with Crippen molar-refractivity contribution in [3.05, 3.63) is 218 Å². The Morgan fingerprint density at radius 1 is 0.286 bits per heavy atom. The Kier molecular flexibility index (Phi) is 14.5. The molecule has 0 amide bonds. The Balaban J connectivity index is 1.21. The molecule has 4 heterocycles. The van der Waals surface area contributed by atoms with Crippen LogP contribution in [-0.2, 0) is 0 Å². The van der Waals surface area contributed by atoms with Crippen molar-refractivity contribution in [2.75, 3.05) is 9.80 Å². The summed E-state index contributed by atoms with van der Waals surface area (Å²) >= 11 is 4.24. The van der Waals surface area contributed by atoms with Crippen LogP contribution in [0.4, 0.5) is 34.1 Å². The summed E-state index contributed by atoms with van der Waals surface area (Å²) in [5.41, 5.74) is 17.4. The molecular formula is C76H78N4S2Si2. The van der Waals surface area contributed by atoms with E-state index in [4.69, 9.17) is 0 Å². The SMILES string of the molecule is CC(C)[Si](c1cc2c(N(c3ccccc3)c3ccc4c(c3)c3ccccc3n4-c3ccccc3)c3sc([Si](C(C)C)(C(C)C)C(C)C)cc3c(N(c3ccccc3)c3ccc4c(c3)c3ccccc3n4-c3ccccc3)c2s1)(C(C)C)C(C)C. The molecule has 0 bridgehead atoms. The Bertz CT molecular complexity index is 4140. The Morgan fingerprint density at radius 2 is 0.583 bits per heavy atom. The number of benzene rings is 9. The summed E-state index contributed by atoms with van der Waals surface area (Å²) in [6, 6.07) is 82.4. The first-order valence-electron chi connectivity index (χ1n) is 30.6. The van der Waals surface area contributed by atoms with E-state index in [9.17, 15) is 0 Å². The number of para-hydroxylation sites is 6. The fourth-order valence-corrected chi connectivity index (χ4v) is 36.6. The summed E-state index contributed by atoms with van der Waals surface area (Å²) in [4.78, 5) is 5.34. The molecule has 0 saturated heterocycles. The minimum absolute atomic E-state index is 0.518. The van der Waals surface area contributed by atoms with Crippen LogP contribution in [0.5, 0.6) is 0 Å². The van der Waals surface area contributed by atoms with Crippen molar-refractivity contribution in [1.82, 2.24) is 9.13 Å². The van der Waals surface area contributed by atoms with Crippen molar-refractivity contribution >= 4 is 146 Å². The molecule has 0 aliphatic rings. The fraction of sp³-hybridized carbons (Fsp3) is 0.237. The second-order valence-electron chi connectivity index (χ2n) is 25.3. The second-order valence-corrected chi connectivity index (χ2v) is 39.9. The highest BCUT2D eigenvalue weighted by Gasteiger charge is 2.48. The van der Waals surface area contributed by atoms with Crippen LogP contribution in [0.1, 0.15) is 83.1 Å². The van der Waals surface area contributed by atoms with Crippen LogP contribution in [0, 0.1) is 0 Å². The Hall–Kier alpha value is -7.47. The highest BCUT2D eigenvalue weighted by molar-refractivity contribution is 7.34. The molecule has 0 atom stereocenters. The minimum atomic E-state index is -2.27. The van der Waals surface area contributed by atoms with Crippen LogP contribution in [0.15, 0.2) is 218 Å². The zero-order valence-electron chi connectivity index (χ0n) is 50.9. The van der Waals surface area contributed by atoms with Crippen LogP contribution >= 0.6 is 22.7 Å². The number of fused-ring (bicyclic) bond motifs is 8. The van der Waals surface area contributed by atoms with Gasteiger partial charge in [-0.1, -0.05) is 192 Å². The third kappa shape index (κ3) is 8.60. The summed E-state index contributed by atoms with van der Waals surface area (Å²) < 4.78 is 10.8. The van der Waals surface area contributed by atoms with Gasteiger partial charge in [0.05, 0.1) is 42.8 Å². The van der Waals surface area contributed by atoms with Crippen molar-refractivity contribution in [3.63, 3.8) is 0 Å². The molecule has 0 aliphatic carbocycles. The molecule has 0 N–H and O–H groups in total. The van der Waals surface area contributed by atoms with Crippen LogP contribution < -0.4 is 18.8 Å². The molecule has 0 spiro atoms. The Labute approximate surface area is 507 Å². The van der Waals surface area contributed by atoms with Gasteiger partial charge in [0.1, 0.15) is 16.1 Å². The second kappa shape index (κ2) is 21.9. The van der Waals surface area contributed by atoms with Gasteiger partial charge in [-0.3, -0.25) is 0 Å². The van der Waals surface area contributed by atoms with Gasteiger partial charge in [0.15, 0.2) is 0 Å². The predicted octanol–water partition coefficient (Wildman–Crippen LogP) is 23.0. The topological polar surface area (TPSA) is 16.3 Å². The standard InChI is InChI=1S/C76H78N4S2Si2/c1-49(2)83(50(3)4,51(5)6)71-47-65-73(77(55-29-17-13-18-30-55)59-41-43-69-63(45-59)61-37-25-27-39-67(61)79(69)57-33-21-15-22-34-57)76-66(48-72(82-76)84(52(7)8,53(9)10)54(11)12)74(75(65)81-71)78(56-31-19-14-20-32-56)60-42-44-70-64(46-60)62-38-26-28-40-68(62)80(70)58-35-23-16-24-36-58/h13-54H,1-12H3. The van der Waals surface area contributed by atoms with Gasteiger partial charge < -0.3 is 18.9 Å². The van der Waals surface area contributed by atoms with E-state index in [1.165, 1.54) is 75.2 Å². The van der Waals surface area contributed by atoms with Gasteiger partial charge in [0.25, 0.3) is 0 Å². The molecule has 13 aromatic rings. The summed E-state index contributed by atoms with van der Waals surface area (Å²) in [6.07, 6.45) is 0. The van der Waals surface area contributed by atoms with Gasteiger partial charge in [-0.25, -0.2) is 0 Å². The van der Waals surface area contributed by atoms with Gasteiger partial charge >= 0.3 is 0 Å². The number of anilines is 6. The zero-order chi connectivity index (χ0) is 58.3. The third-order valence-electron chi connectivity index (χ3n) is 19.3. The van der Waals surface area contributed by atoms with Crippen molar-refractivity contribution in [2.24, 2.45) is 0 Å². The van der Waals surface area contributed by atoms with E-state index in [0.29, 0.717) is 33.2 Å². The maximum absolute atomic E-state index is 2.75. The summed E-state index contributed by atoms with van der Waals surface area (Å²) in [5, 5.41) is 7.64. The van der Waals surface area contributed by atoms with E-state index in [-0.39, 0.29) is 0 Å². The van der Waals surface area contributed by atoms with Gasteiger partial charge in [-0.2, -0.15) is 0 Å². The van der Waals surface area contributed by atoms with Crippen LogP contribution in [0.2, 0.25) is 33.2 Å². The van der Waals surface area contributed by atoms with E-state index in [1.54, 1.807) is 9.00 Å². The maximum atomic E-state index is 2.75. The molecule has 0 unspecified atom stereocenters. The molecular weight excluding hydrogens is 1090 g/mol. The summed E-state index contributed by atoms with van der Waals surface area (Å²) in [5.74, 6) is 0.